The largest absolute Gasteiger partial charge is 0.366 e. The molecule has 0 bridgehead atoms. The Bertz CT molecular complexity index is 408. The molecule has 0 unspecified atom stereocenters. The van der Waals surface area contributed by atoms with Gasteiger partial charge in [0.1, 0.15) is 0 Å². The Balaban J connectivity index is 2.65. The zero-order chi connectivity index (χ0) is 14.3. The molecular weight excluding hydrogens is 256 g/mol. The molecule has 4 heteroatoms. The van der Waals surface area contributed by atoms with Crippen molar-refractivity contribution in [3.63, 3.8) is 0 Å². The number of thioether (sulfide) groups is 1. The second-order valence-electron chi connectivity index (χ2n) is 4.72. The molecule has 0 saturated carbocycles. The summed E-state index contributed by atoms with van der Waals surface area (Å²) in [6, 6.07) is 7.51. The van der Waals surface area contributed by atoms with Crippen LogP contribution in [-0.2, 0) is 6.54 Å². The number of benzene rings is 1. The number of hydrogen-bond donors (Lipinski definition) is 2. The number of rotatable bonds is 8. The van der Waals surface area contributed by atoms with Crippen LogP contribution in [0, 0.1) is 0 Å². The minimum Gasteiger partial charge on any atom is -0.366 e. The van der Waals surface area contributed by atoms with E-state index in [2.05, 4.69) is 25.4 Å². The van der Waals surface area contributed by atoms with Gasteiger partial charge in [0.2, 0.25) is 5.91 Å². The fourth-order valence-electron chi connectivity index (χ4n) is 2.20. The number of amides is 1. The first kappa shape index (κ1) is 16.1. The summed E-state index contributed by atoms with van der Waals surface area (Å²) < 4.78 is 0.279. The van der Waals surface area contributed by atoms with E-state index in [0.29, 0.717) is 12.1 Å². The van der Waals surface area contributed by atoms with Gasteiger partial charge in [-0.2, -0.15) is 11.8 Å². The van der Waals surface area contributed by atoms with Crippen molar-refractivity contribution in [2.45, 2.75) is 38.0 Å². The van der Waals surface area contributed by atoms with Crippen LogP contribution in [0.25, 0.3) is 0 Å². The highest BCUT2D eigenvalue weighted by atomic mass is 32.2. The van der Waals surface area contributed by atoms with Crippen molar-refractivity contribution in [3.05, 3.63) is 35.4 Å². The standard InChI is InChI=1S/C15H24N2OS/c1-4-15(5-2,19-3)11-17-10-12-8-6-7-9-13(12)14(16)18/h6-9,17H,4-5,10-11H2,1-3H3,(H2,16,18). The van der Waals surface area contributed by atoms with Crippen LogP contribution < -0.4 is 11.1 Å². The van der Waals surface area contributed by atoms with E-state index < -0.39 is 0 Å². The van der Waals surface area contributed by atoms with Crippen LogP contribution in [0.4, 0.5) is 0 Å². The van der Waals surface area contributed by atoms with Crippen molar-refractivity contribution in [3.8, 4) is 0 Å². The molecule has 0 atom stereocenters. The molecule has 1 aromatic carbocycles. The van der Waals surface area contributed by atoms with Crippen LogP contribution in [0.15, 0.2) is 24.3 Å². The lowest BCUT2D eigenvalue weighted by atomic mass is 10.0. The molecule has 0 radical (unpaired) electrons. The first-order valence-electron chi connectivity index (χ1n) is 6.72. The highest BCUT2D eigenvalue weighted by molar-refractivity contribution is 8.00. The zero-order valence-corrected chi connectivity index (χ0v) is 12.8. The molecule has 0 saturated heterocycles. The molecule has 0 spiro atoms. The van der Waals surface area contributed by atoms with Crippen molar-refractivity contribution < 1.29 is 4.79 Å². The maximum Gasteiger partial charge on any atom is 0.249 e. The van der Waals surface area contributed by atoms with Gasteiger partial charge in [-0.1, -0.05) is 32.0 Å². The molecule has 0 aliphatic carbocycles. The number of carbonyl (C=O) groups excluding carboxylic acids is 1. The molecule has 106 valence electrons. The van der Waals surface area contributed by atoms with Gasteiger partial charge in [0.25, 0.3) is 0 Å². The second-order valence-corrected chi connectivity index (χ2v) is 5.99. The molecule has 0 fully saturated rings. The Morgan fingerprint density at radius 3 is 2.47 bits per heavy atom. The fraction of sp³-hybridized carbons (Fsp3) is 0.533. The Labute approximate surface area is 120 Å². The van der Waals surface area contributed by atoms with Crippen molar-refractivity contribution >= 4 is 17.7 Å². The van der Waals surface area contributed by atoms with Gasteiger partial charge >= 0.3 is 0 Å². The van der Waals surface area contributed by atoms with Gasteiger partial charge < -0.3 is 11.1 Å². The molecule has 3 nitrogen and oxygen atoms in total. The molecule has 1 rings (SSSR count). The summed E-state index contributed by atoms with van der Waals surface area (Å²) in [7, 11) is 0. The highest BCUT2D eigenvalue weighted by Gasteiger charge is 2.24. The third kappa shape index (κ3) is 4.25. The van der Waals surface area contributed by atoms with Gasteiger partial charge in [-0.15, -0.1) is 0 Å². The SMILES string of the molecule is CCC(CC)(CNCc1ccccc1C(N)=O)SC. The predicted octanol–water partition coefficient (Wildman–Crippen LogP) is 2.80. The monoisotopic (exact) mass is 280 g/mol. The molecule has 1 aromatic rings. The molecule has 0 aliphatic heterocycles. The lowest BCUT2D eigenvalue weighted by Crippen LogP contribution is -2.36. The topological polar surface area (TPSA) is 55.1 Å². The Morgan fingerprint density at radius 1 is 1.32 bits per heavy atom. The third-order valence-corrected chi connectivity index (χ3v) is 5.35. The van der Waals surface area contributed by atoms with E-state index >= 15 is 0 Å². The normalized spacial score (nSPS) is 11.5. The van der Waals surface area contributed by atoms with Crippen LogP contribution >= 0.6 is 11.8 Å². The Hall–Kier alpha value is -1.00. The van der Waals surface area contributed by atoms with E-state index in [9.17, 15) is 4.79 Å². The summed E-state index contributed by atoms with van der Waals surface area (Å²) in [5, 5.41) is 3.46. The molecule has 19 heavy (non-hydrogen) atoms. The van der Waals surface area contributed by atoms with Crippen LogP contribution in [0.2, 0.25) is 0 Å². The molecular formula is C15H24N2OS. The molecule has 0 aliphatic rings. The van der Waals surface area contributed by atoms with E-state index in [0.717, 1.165) is 24.9 Å². The third-order valence-electron chi connectivity index (χ3n) is 3.77. The van der Waals surface area contributed by atoms with Gasteiger partial charge in [-0.05, 0) is 30.7 Å². The maximum atomic E-state index is 11.3. The number of nitrogens with two attached hydrogens (primary N) is 1. The predicted molar refractivity (Wildman–Crippen MR) is 83.5 cm³/mol. The molecule has 0 heterocycles. The highest BCUT2D eigenvalue weighted by Crippen LogP contribution is 2.29. The fourth-order valence-corrected chi connectivity index (χ4v) is 3.02. The quantitative estimate of drug-likeness (QED) is 0.770. The summed E-state index contributed by atoms with van der Waals surface area (Å²) in [6.07, 6.45) is 4.43. The number of primary amides is 1. The summed E-state index contributed by atoms with van der Waals surface area (Å²) in [6.45, 7) is 6.06. The van der Waals surface area contributed by atoms with Crippen LogP contribution in [0.1, 0.15) is 42.6 Å². The minimum absolute atomic E-state index is 0.279. The number of nitrogens with one attached hydrogen (secondary N) is 1. The number of hydrogen-bond acceptors (Lipinski definition) is 3. The lowest BCUT2D eigenvalue weighted by molar-refractivity contribution is 0.0999. The summed E-state index contributed by atoms with van der Waals surface area (Å²) in [5.74, 6) is -0.362. The summed E-state index contributed by atoms with van der Waals surface area (Å²) in [5.41, 5.74) is 6.96. The van der Waals surface area contributed by atoms with E-state index in [1.165, 1.54) is 0 Å². The average Bonchev–Trinajstić information content (AvgIpc) is 2.44. The van der Waals surface area contributed by atoms with Gasteiger partial charge in [0.05, 0.1) is 0 Å². The Morgan fingerprint density at radius 2 is 1.95 bits per heavy atom. The van der Waals surface area contributed by atoms with E-state index in [1.54, 1.807) is 6.07 Å². The summed E-state index contributed by atoms with van der Waals surface area (Å²) >= 11 is 1.91. The minimum atomic E-state index is -0.362. The van der Waals surface area contributed by atoms with Crippen LogP contribution in [0.5, 0.6) is 0 Å². The van der Waals surface area contributed by atoms with E-state index in [-0.39, 0.29) is 10.7 Å². The van der Waals surface area contributed by atoms with Crippen molar-refractivity contribution in [2.24, 2.45) is 5.73 Å². The summed E-state index contributed by atoms with van der Waals surface area (Å²) in [4.78, 5) is 11.3. The zero-order valence-electron chi connectivity index (χ0n) is 12.0. The van der Waals surface area contributed by atoms with E-state index in [1.807, 2.05) is 30.0 Å². The van der Waals surface area contributed by atoms with Gasteiger partial charge in [0.15, 0.2) is 0 Å². The van der Waals surface area contributed by atoms with Crippen molar-refractivity contribution in [1.82, 2.24) is 5.32 Å². The first-order chi connectivity index (χ1) is 9.08. The average molecular weight is 280 g/mol. The first-order valence-corrected chi connectivity index (χ1v) is 7.94. The molecule has 1 amide bonds. The van der Waals surface area contributed by atoms with Gasteiger partial charge in [-0.3, -0.25) is 4.79 Å². The van der Waals surface area contributed by atoms with Crippen LogP contribution in [-0.4, -0.2) is 23.5 Å². The lowest BCUT2D eigenvalue weighted by Gasteiger charge is -2.30. The van der Waals surface area contributed by atoms with Crippen LogP contribution in [0.3, 0.4) is 0 Å². The number of carbonyl (C=O) groups is 1. The second kappa shape index (κ2) is 7.56. The maximum absolute atomic E-state index is 11.3. The Kier molecular flexibility index (Phi) is 6.38. The van der Waals surface area contributed by atoms with Gasteiger partial charge in [0, 0.05) is 23.4 Å². The van der Waals surface area contributed by atoms with Crippen molar-refractivity contribution in [2.75, 3.05) is 12.8 Å². The molecule has 0 aromatic heterocycles. The van der Waals surface area contributed by atoms with E-state index in [4.69, 9.17) is 5.73 Å². The molecule has 3 N–H and O–H groups in total. The smallest absolute Gasteiger partial charge is 0.249 e. The van der Waals surface area contributed by atoms with Crippen molar-refractivity contribution in [1.29, 1.82) is 0 Å². The van der Waals surface area contributed by atoms with Gasteiger partial charge in [-0.25, -0.2) is 0 Å².